The van der Waals surface area contributed by atoms with Crippen LogP contribution in [-0.2, 0) is 0 Å². The van der Waals surface area contributed by atoms with Crippen molar-refractivity contribution in [3.63, 3.8) is 0 Å². The first kappa shape index (κ1) is 15.2. The van der Waals surface area contributed by atoms with Crippen LogP contribution in [0.25, 0.3) is 0 Å². The predicted octanol–water partition coefficient (Wildman–Crippen LogP) is 0.750. The molecule has 2 unspecified atom stereocenters. The van der Waals surface area contributed by atoms with Crippen LogP contribution in [0.1, 0.15) is 33.1 Å². The van der Waals surface area contributed by atoms with E-state index in [0.29, 0.717) is 17.4 Å². The van der Waals surface area contributed by atoms with Gasteiger partial charge in [0.25, 0.3) is 0 Å². The molecule has 1 heterocycles. The highest BCUT2D eigenvalue weighted by Gasteiger charge is 2.39. The number of aliphatic hydroxyl groups is 1. The van der Waals surface area contributed by atoms with Gasteiger partial charge in [0.15, 0.2) is 0 Å². The van der Waals surface area contributed by atoms with Gasteiger partial charge in [0.1, 0.15) is 0 Å². The summed E-state index contributed by atoms with van der Waals surface area (Å²) in [5.41, 5.74) is 6.74. The van der Waals surface area contributed by atoms with Crippen molar-refractivity contribution >= 4 is 0 Å². The van der Waals surface area contributed by atoms with E-state index in [9.17, 15) is 0 Å². The summed E-state index contributed by atoms with van der Waals surface area (Å²) in [4.78, 5) is 4.96. The zero-order valence-corrected chi connectivity index (χ0v) is 12.6. The summed E-state index contributed by atoms with van der Waals surface area (Å²) in [7, 11) is 0. The number of β-amino-alcohol motifs (C(OH)–C–C–N with tert-alkyl or cyclic N) is 1. The predicted molar refractivity (Wildman–Crippen MR) is 79.1 cm³/mol. The molecule has 2 fully saturated rings. The fraction of sp³-hybridized carbons (Fsp3) is 1.00. The minimum Gasteiger partial charge on any atom is -0.395 e. The van der Waals surface area contributed by atoms with Gasteiger partial charge in [-0.15, -0.1) is 0 Å². The Morgan fingerprint density at radius 1 is 1.16 bits per heavy atom. The van der Waals surface area contributed by atoms with Crippen LogP contribution < -0.4 is 5.73 Å². The molecule has 112 valence electrons. The van der Waals surface area contributed by atoms with Crippen molar-refractivity contribution < 1.29 is 5.11 Å². The maximum atomic E-state index is 9.03. The lowest BCUT2D eigenvalue weighted by atomic mass is 9.85. The van der Waals surface area contributed by atoms with Crippen LogP contribution in [0.5, 0.6) is 0 Å². The molecule has 3 N–H and O–H groups in total. The number of hydrogen-bond donors (Lipinski definition) is 2. The highest BCUT2D eigenvalue weighted by atomic mass is 16.3. The second-order valence-electron chi connectivity index (χ2n) is 7.03. The van der Waals surface area contributed by atoms with E-state index in [4.69, 9.17) is 10.8 Å². The highest BCUT2D eigenvalue weighted by Crippen LogP contribution is 2.40. The van der Waals surface area contributed by atoms with E-state index >= 15 is 0 Å². The SMILES string of the molecule is CC1(C)CCC(CN2CCCN(CCO)CC2)C1N. The topological polar surface area (TPSA) is 52.7 Å². The summed E-state index contributed by atoms with van der Waals surface area (Å²) < 4.78 is 0. The standard InChI is InChI=1S/C15H31N3O/c1-15(2)5-4-13(14(15)16)12-18-7-3-6-17(8-9-18)10-11-19/h13-14,19H,3-12,16H2,1-2H3. The van der Waals surface area contributed by atoms with Gasteiger partial charge >= 0.3 is 0 Å². The second kappa shape index (κ2) is 6.53. The molecule has 1 aliphatic heterocycles. The van der Waals surface area contributed by atoms with Gasteiger partial charge in [-0.1, -0.05) is 13.8 Å². The van der Waals surface area contributed by atoms with Gasteiger partial charge in [-0.05, 0) is 43.7 Å². The lowest BCUT2D eigenvalue weighted by molar-refractivity contribution is 0.186. The smallest absolute Gasteiger partial charge is 0.0558 e. The van der Waals surface area contributed by atoms with Crippen LogP contribution >= 0.6 is 0 Å². The molecule has 0 radical (unpaired) electrons. The number of aliphatic hydroxyl groups excluding tert-OH is 1. The summed E-state index contributed by atoms with van der Waals surface area (Å²) >= 11 is 0. The average Bonchev–Trinajstić information content (AvgIpc) is 2.57. The molecule has 2 aliphatic rings. The summed E-state index contributed by atoms with van der Waals surface area (Å²) in [5.74, 6) is 0.666. The number of hydrogen-bond acceptors (Lipinski definition) is 4. The van der Waals surface area contributed by atoms with E-state index in [-0.39, 0.29) is 6.61 Å². The molecule has 1 saturated carbocycles. The quantitative estimate of drug-likeness (QED) is 0.791. The molecule has 19 heavy (non-hydrogen) atoms. The summed E-state index contributed by atoms with van der Waals surface area (Å²) in [6, 6.07) is 0.351. The Kier molecular flexibility index (Phi) is 5.23. The monoisotopic (exact) mass is 269 g/mol. The minimum atomic E-state index is 0.279. The largest absolute Gasteiger partial charge is 0.395 e. The van der Waals surface area contributed by atoms with Crippen LogP contribution in [0.15, 0.2) is 0 Å². The molecule has 0 aromatic heterocycles. The van der Waals surface area contributed by atoms with Crippen molar-refractivity contribution in [1.82, 2.24) is 9.80 Å². The molecule has 4 heteroatoms. The first-order valence-corrected chi connectivity index (χ1v) is 7.84. The molecule has 2 rings (SSSR count). The van der Waals surface area contributed by atoms with Crippen molar-refractivity contribution in [2.75, 3.05) is 45.9 Å². The van der Waals surface area contributed by atoms with E-state index in [0.717, 1.165) is 32.7 Å². The second-order valence-corrected chi connectivity index (χ2v) is 7.03. The molecule has 0 aromatic rings. The Labute approximate surface area is 117 Å². The van der Waals surface area contributed by atoms with E-state index in [2.05, 4.69) is 23.6 Å². The fourth-order valence-corrected chi connectivity index (χ4v) is 3.65. The van der Waals surface area contributed by atoms with Gasteiger partial charge in [-0.25, -0.2) is 0 Å². The molecule has 0 spiro atoms. The molecular weight excluding hydrogens is 238 g/mol. The molecule has 0 aromatic carbocycles. The van der Waals surface area contributed by atoms with Gasteiger partial charge in [0.2, 0.25) is 0 Å². The van der Waals surface area contributed by atoms with Gasteiger partial charge in [-0.2, -0.15) is 0 Å². The molecule has 0 amide bonds. The third kappa shape index (κ3) is 3.91. The lowest BCUT2D eigenvalue weighted by Crippen LogP contribution is -2.43. The Balaban J connectivity index is 1.80. The molecule has 1 aliphatic carbocycles. The van der Waals surface area contributed by atoms with Gasteiger partial charge in [0.05, 0.1) is 6.61 Å². The zero-order chi connectivity index (χ0) is 13.9. The molecule has 2 atom stereocenters. The van der Waals surface area contributed by atoms with Crippen molar-refractivity contribution in [2.45, 2.75) is 39.2 Å². The van der Waals surface area contributed by atoms with Crippen molar-refractivity contribution in [2.24, 2.45) is 17.1 Å². The maximum Gasteiger partial charge on any atom is 0.0558 e. The van der Waals surface area contributed by atoms with Crippen LogP contribution in [0.4, 0.5) is 0 Å². The third-order valence-electron chi connectivity index (χ3n) is 5.16. The Bertz CT molecular complexity index is 283. The summed E-state index contributed by atoms with van der Waals surface area (Å²) in [5, 5.41) is 9.03. The molecule has 1 saturated heterocycles. The summed E-state index contributed by atoms with van der Waals surface area (Å²) in [6.07, 6.45) is 3.76. The van der Waals surface area contributed by atoms with Crippen LogP contribution in [0.3, 0.4) is 0 Å². The van der Waals surface area contributed by atoms with Gasteiger partial charge in [0, 0.05) is 32.2 Å². The zero-order valence-electron chi connectivity index (χ0n) is 12.6. The van der Waals surface area contributed by atoms with E-state index in [1.54, 1.807) is 0 Å². The molecular formula is C15H31N3O. The van der Waals surface area contributed by atoms with Crippen LogP contribution in [0.2, 0.25) is 0 Å². The third-order valence-corrected chi connectivity index (χ3v) is 5.16. The van der Waals surface area contributed by atoms with Crippen molar-refractivity contribution in [3.05, 3.63) is 0 Å². The Morgan fingerprint density at radius 2 is 1.84 bits per heavy atom. The minimum absolute atomic E-state index is 0.279. The average molecular weight is 269 g/mol. The van der Waals surface area contributed by atoms with Gasteiger partial charge in [-0.3, -0.25) is 4.90 Å². The van der Waals surface area contributed by atoms with E-state index in [1.165, 1.54) is 25.8 Å². The molecule has 4 nitrogen and oxygen atoms in total. The normalized spacial score (nSPS) is 33.5. The number of nitrogens with two attached hydrogens (primary N) is 1. The summed E-state index contributed by atoms with van der Waals surface area (Å²) in [6.45, 7) is 11.4. The Hall–Kier alpha value is -0.160. The first-order chi connectivity index (χ1) is 9.03. The fourth-order valence-electron chi connectivity index (χ4n) is 3.65. The maximum absolute atomic E-state index is 9.03. The number of nitrogens with zero attached hydrogens (tertiary/aromatic N) is 2. The molecule has 0 bridgehead atoms. The van der Waals surface area contributed by atoms with E-state index in [1.807, 2.05) is 0 Å². The number of rotatable bonds is 4. The Morgan fingerprint density at radius 3 is 2.47 bits per heavy atom. The van der Waals surface area contributed by atoms with Gasteiger partial charge < -0.3 is 15.7 Å². The van der Waals surface area contributed by atoms with Crippen molar-refractivity contribution in [1.29, 1.82) is 0 Å². The van der Waals surface area contributed by atoms with Crippen LogP contribution in [0, 0.1) is 11.3 Å². The van der Waals surface area contributed by atoms with Crippen LogP contribution in [-0.4, -0.2) is 66.8 Å². The van der Waals surface area contributed by atoms with Crippen molar-refractivity contribution in [3.8, 4) is 0 Å². The highest BCUT2D eigenvalue weighted by molar-refractivity contribution is 4.95. The first-order valence-electron chi connectivity index (χ1n) is 7.84. The van der Waals surface area contributed by atoms with E-state index < -0.39 is 0 Å². The lowest BCUT2D eigenvalue weighted by Gasteiger charge is -2.30.